The molecule has 0 spiro atoms. The fraction of sp³-hybridized carbons (Fsp3) is 0.630. The molecule has 2 N–H and O–H groups in total. The predicted molar refractivity (Wildman–Crippen MR) is 139 cm³/mol. The number of amides is 2. The van der Waals surface area contributed by atoms with E-state index in [2.05, 4.69) is 17.7 Å². The monoisotopic (exact) mass is 486 g/mol. The third kappa shape index (κ3) is 6.55. The molecule has 2 amide bonds. The van der Waals surface area contributed by atoms with Crippen molar-refractivity contribution in [2.75, 3.05) is 33.4 Å². The number of nitrogens with two attached hydrogens (primary N) is 1. The SMILES string of the molecule is COCCCn1cc(C)c2ccc(C(=O)N(CC3CN(C(=O)OC(C)(C)C)CC3N)C(C)C)cc21. The number of fused-ring (bicyclic) bond motifs is 1. The summed E-state index contributed by atoms with van der Waals surface area (Å²) < 4.78 is 12.9. The van der Waals surface area contributed by atoms with E-state index < -0.39 is 5.60 Å². The van der Waals surface area contributed by atoms with E-state index in [9.17, 15) is 9.59 Å². The maximum Gasteiger partial charge on any atom is 0.410 e. The van der Waals surface area contributed by atoms with Gasteiger partial charge in [0.25, 0.3) is 5.91 Å². The van der Waals surface area contributed by atoms with Crippen LogP contribution in [0, 0.1) is 12.8 Å². The molecule has 1 fully saturated rings. The lowest BCUT2D eigenvalue weighted by atomic mass is 10.0. The van der Waals surface area contributed by atoms with Crippen molar-refractivity contribution in [2.45, 2.75) is 72.2 Å². The van der Waals surface area contributed by atoms with Crippen LogP contribution in [0.15, 0.2) is 24.4 Å². The summed E-state index contributed by atoms with van der Waals surface area (Å²) in [7, 11) is 1.71. The fourth-order valence-electron chi connectivity index (χ4n) is 4.68. The van der Waals surface area contributed by atoms with Crippen molar-refractivity contribution in [3.05, 3.63) is 35.5 Å². The van der Waals surface area contributed by atoms with Gasteiger partial charge in [-0.2, -0.15) is 0 Å². The molecular formula is C27H42N4O4. The number of aromatic nitrogens is 1. The van der Waals surface area contributed by atoms with Gasteiger partial charge in [0.05, 0.1) is 0 Å². The zero-order chi connectivity index (χ0) is 25.9. The number of carbonyl (C=O) groups excluding carboxylic acids is 2. The van der Waals surface area contributed by atoms with Crippen LogP contribution in [0.3, 0.4) is 0 Å². The smallest absolute Gasteiger partial charge is 0.410 e. The quantitative estimate of drug-likeness (QED) is 0.569. The number of likely N-dealkylation sites (tertiary alicyclic amines) is 1. The molecule has 2 heterocycles. The molecule has 1 aromatic carbocycles. The normalized spacial score (nSPS) is 18.5. The Balaban J connectivity index is 1.77. The van der Waals surface area contributed by atoms with Crippen molar-refractivity contribution >= 4 is 22.9 Å². The van der Waals surface area contributed by atoms with Gasteiger partial charge in [-0.15, -0.1) is 0 Å². The van der Waals surface area contributed by atoms with Crippen molar-refractivity contribution in [3.63, 3.8) is 0 Å². The van der Waals surface area contributed by atoms with Crippen LogP contribution in [0.5, 0.6) is 0 Å². The minimum Gasteiger partial charge on any atom is -0.444 e. The first-order valence-electron chi connectivity index (χ1n) is 12.5. The van der Waals surface area contributed by atoms with E-state index in [0.717, 1.165) is 23.9 Å². The first-order valence-corrected chi connectivity index (χ1v) is 12.5. The molecule has 194 valence electrons. The van der Waals surface area contributed by atoms with E-state index in [1.165, 1.54) is 5.56 Å². The van der Waals surface area contributed by atoms with Crippen molar-refractivity contribution < 1.29 is 19.1 Å². The van der Waals surface area contributed by atoms with Crippen LogP contribution < -0.4 is 5.73 Å². The highest BCUT2D eigenvalue weighted by Crippen LogP contribution is 2.25. The number of aryl methyl sites for hydroxylation is 2. The van der Waals surface area contributed by atoms with Crippen LogP contribution in [0.1, 0.15) is 57.0 Å². The molecule has 2 unspecified atom stereocenters. The van der Waals surface area contributed by atoms with Crippen LogP contribution in [-0.4, -0.2) is 77.4 Å². The maximum absolute atomic E-state index is 13.7. The lowest BCUT2D eigenvalue weighted by Crippen LogP contribution is -2.44. The van der Waals surface area contributed by atoms with Gasteiger partial charge >= 0.3 is 6.09 Å². The van der Waals surface area contributed by atoms with E-state index in [0.29, 0.717) is 31.8 Å². The second-order valence-electron chi connectivity index (χ2n) is 10.9. The Bertz CT molecular complexity index is 1040. The molecular weight excluding hydrogens is 444 g/mol. The zero-order valence-corrected chi connectivity index (χ0v) is 22.3. The Morgan fingerprint density at radius 3 is 2.57 bits per heavy atom. The Morgan fingerprint density at radius 1 is 1.23 bits per heavy atom. The molecule has 3 rings (SSSR count). The summed E-state index contributed by atoms with van der Waals surface area (Å²) in [5, 5.41) is 1.15. The third-order valence-electron chi connectivity index (χ3n) is 6.53. The Morgan fingerprint density at radius 2 is 1.94 bits per heavy atom. The van der Waals surface area contributed by atoms with E-state index in [1.807, 2.05) is 57.7 Å². The molecule has 0 radical (unpaired) electrons. The molecule has 2 aromatic rings. The number of rotatable bonds is 8. The average Bonchev–Trinajstić information content (AvgIpc) is 3.29. The summed E-state index contributed by atoms with van der Waals surface area (Å²) in [5.41, 5.74) is 8.76. The van der Waals surface area contributed by atoms with Crippen molar-refractivity contribution in [1.82, 2.24) is 14.4 Å². The second-order valence-corrected chi connectivity index (χ2v) is 10.9. The summed E-state index contributed by atoms with van der Waals surface area (Å²) in [4.78, 5) is 29.7. The van der Waals surface area contributed by atoms with E-state index >= 15 is 0 Å². The van der Waals surface area contributed by atoms with Gasteiger partial charge in [0, 0.05) is 80.6 Å². The van der Waals surface area contributed by atoms with Gasteiger partial charge in [-0.25, -0.2) is 4.79 Å². The first-order chi connectivity index (χ1) is 16.4. The Kier molecular flexibility index (Phi) is 8.49. The summed E-state index contributed by atoms with van der Waals surface area (Å²) in [6.45, 7) is 14.6. The van der Waals surface area contributed by atoms with Crippen LogP contribution in [-0.2, 0) is 16.0 Å². The molecule has 1 aliphatic heterocycles. The van der Waals surface area contributed by atoms with E-state index in [4.69, 9.17) is 15.2 Å². The lowest BCUT2D eigenvalue weighted by Gasteiger charge is -2.31. The molecule has 0 bridgehead atoms. The van der Waals surface area contributed by atoms with Crippen LogP contribution in [0.25, 0.3) is 10.9 Å². The summed E-state index contributed by atoms with van der Waals surface area (Å²) in [6.07, 6.45) is 2.69. The number of methoxy groups -OCH3 is 1. The number of hydrogen-bond donors (Lipinski definition) is 1. The molecule has 0 aliphatic carbocycles. The number of hydrogen-bond acceptors (Lipinski definition) is 5. The zero-order valence-electron chi connectivity index (χ0n) is 22.3. The highest BCUT2D eigenvalue weighted by atomic mass is 16.6. The average molecular weight is 487 g/mol. The first kappa shape index (κ1) is 27.0. The van der Waals surface area contributed by atoms with Crippen LogP contribution >= 0.6 is 0 Å². The van der Waals surface area contributed by atoms with Gasteiger partial charge < -0.3 is 29.6 Å². The molecule has 2 atom stereocenters. The van der Waals surface area contributed by atoms with Crippen LogP contribution in [0.2, 0.25) is 0 Å². The standard InChI is InChI=1S/C27H42N4O4/c1-18(2)31(16-21-15-30(17-23(21)28)26(33)35-27(4,5)6)25(32)20-9-10-22-19(3)14-29(24(22)13-20)11-8-12-34-7/h9-10,13-14,18,21,23H,8,11-12,15-17,28H2,1-7H3. The number of nitrogens with zero attached hydrogens (tertiary/aromatic N) is 3. The van der Waals surface area contributed by atoms with Crippen molar-refractivity contribution in [3.8, 4) is 0 Å². The number of benzene rings is 1. The van der Waals surface area contributed by atoms with Gasteiger partial charge in [-0.05, 0) is 65.7 Å². The number of ether oxygens (including phenoxy) is 2. The topological polar surface area (TPSA) is 90.0 Å². The largest absolute Gasteiger partial charge is 0.444 e. The Labute approximate surface area is 209 Å². The van der Waals surface area contributed by atoms with Crippen molar-refractivity contribution in [2.24, 2.45) is 11.7 Å². The minimum atomic E-state index is -0.558. The lowest BCUT2D eigenvalue weighted by molar-refractivity contribution is 0.0284. The van der Waals surface area contributed by atoms with E-state index in [-0.39, 0.29) is 30.0 Å². The van der Waals surface area contributed by atoms with Crippen molar-refractivity contribution in [1.29, 1.82) is 0 Å². The molecule has 1 saturated heterocycles. The molecule has 1 aromatic heterocycles. The third-order valence-corrected chi connectivity index (χ3v) is 6.53. The van der Waals surface area contributed by atoms with Gasteiger partial charge in [0.1, 0.15) is 5.60 Å². The second kappa shape index (κ2) is 11.0. The maximum atomic E-state index is 13.7. The molecule has 1 aliphatic rings. The molecule has 8 nitrogen and oxygen atoms in total. The molecule has 35 heavy (non-hydrogen) atoms. The summed E-state index contributed by atoms with van der Waals surface area (Å²) in [5.74, 6) is -0.0372. The number of carbonyl (C=O) groups is 2. The van der Waals surface area contributed by atoms with E-state index in [1.54, 1.807) is 12.0 Å². The summed E-state index contributed by atoms with van der Waals surface area (Å²) >= 11 is 0. The van der Waals surface area contributed by atoms with Gasteiger partial charge in [-0.1, -0.05) is 6.07 Å². The molecule has 0 saturated carbocycles. The van der Waals surface area contributed by atoms with Gasteiger partial charge in [-0.3, -0.25) is 4.79 Å². The minimum absolute atomic E-state index is 0.00352. The highest BCUT2D eigenvalue weighted by molar-refractivity contribution is 5.98. The summed E-state index contributed by atoms with van der Waals surface area (Å²) in [6, 6.07) is 5.73. The fourth-order valence-corrected chi connectivity index (χ4v) is 4.68. The van der Waals surface area contributed by atoms with Crippen LogP contribution in [0.4, 0.5) is 4.79 Å². The van der Waals surface area contributed by atoms with Gasteiger partial charge in [0.15, 0.2) is 0 Å². The Hall–Kier alpha value is -2.58. The molecule has 8 heteroatoms. The highest BCUT2D eigenvalue weighted by Gasteiger charge is 2.37. The predicted octanol–water partition coefficient (Wildman–Crippen LogP) is 4.03. The van der Waals surface area contributed by atoms with Gasteiger partial charge in [0.2, 0.25) is 0 Å².